The summed E-state index contributed by atoms with van der Waals surface area (Å²) in [5, 5.41) is 10.6. The number of halogens is 1. The van der Waals surface area contributed by atoms with E-state index in [0.717, 1.165) is 11.1 Å². The number of hydrogen-bond acceptors (Lipinski definition) is 6. The highest BCUT2D eigenvalue weighted by atomic mass is 19.1. The first-order chi connectivity index (χ1) is 16.0. The van der Waals surface area contributed by atoms with Gasteiger partial charge in [0.2, 0.25) is 5.88 Å². The van der Waals surface area contributed by atoms with E-state index in [-0.39, 0.29) is 36.3 Å². The Kier molecular flexibility index (Phi) is 5.37. The van der Waals surface area contributed by atoms with Gasteiger partial charge in [-0.05, 0) is 25.3 Å². The summed E-state index contributed by atoms with van der Waals surface area (Å²) in [4.78, 5) is 21.6. The molecule has 0 saturated heterocycles. The van der Waals surface area contributed by atoms with Crippen LogP contribution in [0.5, 0.6) is 0 Å². The van der Waals surface area contributed by atoms with Crippen molar-refractivity contribution in [2.45, 2.75) is 31.9 Å². The summed E-state index contributed by atoms with van der Waals surface area (Å²) in [7, 11) is 0. The Bertz CT molecular complexity index is 1290. The largest absolute Gasteiger partial charge is 0.474 e. The summed E-state index contributed by atoms with van der Waals surface area (Å²) in [6.07, 6.45) is 5.84. The maximum absolute atomic E-state index is 13.9. The Morgan fingerprint density at radius 1 is 1.30 bits per heavy atom. The van der Waals surface area contributed by atoms with E-state index in [2.05, 4.69) is 27.4 Å². The van der Waals surface area contributed by atoms with Gasteiger partial charge >= 0.3 is 0 Å². The van der Waals surface area contributed by atoms with Gasteiger partial charge in [0.1, 0.15) is 17.5 Å². The van der Waals surface area contributed by atoms with E-state index in [1.807, 2.05) is 36.5 Å². The minimum absolute atomic E-state index is 0.0328. The van der Waals surface area contributed by atoms with Crippen LogP contribution < -0.4 is 10.6 Å². The molecule has 1 fully saturated rings. The number of aliphatic imine (C=N–C) groups is 1. The van der Waals surface area contributed by atoms with Crippen molar-refractivity contribution in [3.8, 4) is 11.1 Å². The van der Waals surface area contributed by atoms with Gasteiger partial charge in [0, 0.05) is 42.8 Å². The number of benzene rings is 1. The number of amides is 1. The van der Waals surface area contributed by atoms with E-state index in [4.69, 9.17) is 9.72 Å². The third-order valence-corrected chi connectivity index (χ3v) is 5.77. The van der Waals surface area contributed by atoms with E-state index in [0.29, 0.717) is 35.4 Å². The lowest BCUT2D eigenvalue weighted by molar-refractivity contribution is 0.0252. The molecule has 1 aliphatic carbocycles. The van der Waals surface area contributed by atoms with Crippen LogP contribution in [-0.4, -0.2) is 45.9 Å². The van der Waals surface area contributed by atoms with Crippen LogP contribution in [0.15, 0.2) is 71.1 Å². The standard InChI is InChI=1S/C24H23FN6O2/c1-14(25)8-16-11-27-21-20(15-6-4-3-5-7-15)13-31-22(30-21)19(12-28-31)23(32)29-17-9-18(10-17)33-24(16)26-2/h3-8,12-13,17-18H,2,9-11H2,1H3,(H,27,30)(H,29,32)/b14-8+,24-16-. The van der Waals surface area contributed by atoms with Crippen molar-refractivity contribution in [1.82, 2.24) is 19.9 Å². The Hall–Kier alpha value is -4.01. The highest BCUT2D eigenvalue weighted by Gasteiger charge is 2.34. The summed E-state index contributed by atoms with van der Waals surface area (Å²) < 4.78 is 21.5. The number of allylic oxidation sites excluding steroid dienone is 1. The van der Waals surface area contributed by atoms with E-state index in [1.54, 1.807) is 4.52 Å². The molecule has 0 spiro atoms. The number of carbonyl (C=O) groups excluding carboxylic acids is 1. The van der Waals surface area contributed by atoms with Gasteiger partial charge < -0.3 is 15.4 Å². The fraction of sp³-hybridized carbons (Fsp3) is 0.250. The predicted octanol–water partition coefficient (Wildman–Crippen LogP) is 3.88. The topological polar surface area (TPSA) is 92.9 Å². The molecule has 2 N–H and O–H groups in total. The zero-order valence-electron chi connectivity index (χ0n) is 18.1. The molecule has 33 heavy (non-hydrogen) atoms. The molecule has 3 aliphatic rings. The summed E-state index contributed by atoms with van der Waals surface area (Å²) in [5.74, 6) is 0.182. The van der Waals surface area contributed by atoms with Gasteiger partial charge in [0.05, 0.1) is 12.0 Å². The molecule has 4 bridgehead atoms. The first-order valence-electron chi connectivity index (χ1n) is 10.7. The zero-order chi connectivity index (χ0) is 22.9. The number of anilines is 1. The number of rotatable bonds is 3. The SMILES string of the molecule is C=N/C1=C(\C=C(/C)F)CNc2nc3c(cnn3cc2-c2ccccc2)C(=O)NC2CC(C2)O1. The molecular formula is C24H23FN6O2. The lowest BCUT2D eigenvalue weighted by atomic mass is 9.89. The molecule has 3 aromatic rings. The van der Waals surface area contributed by atoms with Gasteiger partial charge in [0.25, 0.3) is 5.91 Å². The van der Waals surface area contributed by atoms with Gasteiger partial charge in [-0.1, -0.05) is 30.3 Å². The fourth-order valence-corrected chi connectivity index (χ4v) is 4.06. The molecule has 6 rings (SSSR count). The number of aromatic nitrogens is 3. The van der Waals surface area contributed by atoms with Crippen molar-refractivity contribution >= 4 is 24.1 Å². The molecule has 0 radical (unpaired) electrons. The third-order valence-electron chi connectivity index (χ3n) is 5.77. The van der Waals surface area contributed by atoms with Crippen LogP contribution in [-0.2, 0) is 4.74 Å². The third kappa shape index (κ3) is 4.09. The van der Waals surface area contributed by atoms with Crippen molar-refractivity contribution in [2.75, 3.05) is 11.9 Å². The zero-order valence-corrected chi connectivity index (χ0v) is 18.1. The van der Waals surface area contributed by atoms with Crippen LogP contribution in [0, 0.1) is 0 Å². The molecule has 8 nitrogen and oxygen atoms in total. The molecule has 9 heteroatoms. The molecule has 0 atom stereocenters. The maximum Gasteiger partial charge on any atom is 0.256 e. The van der Waals surface area contributed by atoms with Gasteiger partial charge in [-0.15, -0.1) is 0 Å². The Balaban J connectivity index is 1.66. The van der Waals surface area contributed by atoms with Crippen molar-refractivity contribution in [3.63, 3.8) is 0 Å². The Labute approximate surface area is 189 Å². The molecule has 1 amide bonds. The van der Waals surface area contributed by atoms with Gasteiger partial charge in [-0.3, -0.25) is 4.79 Å². The molecule has 4 heterocycles. The highest BCUT2D eigenvalue weighted by molar-refractivity contribution is 6.00. The smallest absolute Gasteiger partial charge is 0.256 e. The molecule has 1 saturated carbocycles. The van der Waals surface area contributed by atoms with Crippen molar-refractivity contribution in [2.24, 2.45) is 4.99 Å². The predicted molar refractivity (Wildman–Crippen MR) is 124 cm³/mol. The molecular weight excluding hydrogens is 423 g/mol. The van der Waals surface area contributed by atoms with Gasteiger partial charge in [-0.25, -0.2) is 18.9 Å². The van der Waals surface area contributed by atoms with Crippen LogP contribution in [0.2, 0.25) is 0 Å². The molecule has 2 aliphatic heterocycles. The van der Waals surface area contributed by atoms with Crippen LogP contribution in [0.4, 0.5) is 10.2 Å². The minimum atomic E-state index is -0.374. The highest BCUT2D eigenvalue weighted by Crippen LogP contribution is 2.31. The molecule has 1 aromatic carbocycles. The minimum Gasteiger partial charge on any atom is -0.474 e. The van der Waals surface area contributed by atoms with Crippen molar-refractivity contribution < 1.29 is 13.9 Å². The van der Waals surface area contributed by atoms with Gasteiger partial charge in [-0.2, -0.15) is 5.10 Å². The average molecular weight is 446 g/mol. The first-order valence-corrected chi connectivity index (χ1v) is 10.7. The van der Waals surface area contributed by atoms with Crippen LogP contribution in [0.3, 0.4) is 0 Å². The van der Waals surface area contributed by atoms with E-state index >= 15 is 0 Å². The number of ether oxygens (including phenoxy) is 1. The number of nitrogens with zero attached hydrogens (tertiary/aromatic N) is 4. The van der Waals surface area contributed by atoms with Crippen LogP contribution in [0.25, 0.3) is 16.8 Å². The van der Waals surface area contributed by atoms with Crippen molar-refractivity contribution in [3.05, 3.63) is 71.6 Å². The summed E-state index contributed by atoms with van der Waals surface area (Å²) in [5.41, 5.74) is 3.04. The molecule has 0 unspecified atom stereocenters. The quantitative estimate of drug-likeness (QED) is 0.596. The lowest BCUT2D eigenvalue weighted by Gasteiger charge is -2.36. The van der Waals surface area contributed by atoms with Crippen LogP contribution in [0.1, 0.15) is 30.1 Å². The number of nitrogens with one attached hydrogen (secondary N) is 2. The summed E-state index contributed by atoms with van der Waals surface area (Å²) >= 11 is 0. The van der Waals surface area contributed by atoms with Crippen molar-refractivity contribution in [1.29, 1.82) is 0 Å². The van der Waals surface area contributed by atoms with Crippen LogP contribution >= 0.6 is 0 Å². The first kappa shape index (κ1) is 20.9. The summed E-state index contributed by atoms with van der Waals surface area (Å²) in [6, 6.07) is 9.67. The average Bonchev–Trinajstić information content (AvgIpc) is 3.20. The monoisotopic (exact) mass is 446 g/mol. The maximum atomic E-state index is 13.9. The van der Waals surface area contributed by atoms with Gasteiger partial charge in [0.15, 0.2) is 5.65 Å². The van der Waals surface area contributed by atoms with E-state index in [1.165, 1.54) is 19.2 Å². The van der Waals surface area contributed by atoms with E-state index < -0.39 is 0 Å². The second kappa shape index (κ2) is 8.50. The second-order valence-electron chi connectivity index (χ2n) is 8.15. The van der Waals surface area contributed by atoms with E-state index in [9.17, 15) is 9.18 Å². The number of carbonyl (C=O) groups is 1. The normalized spacial score (nSPS) is 23.2. The fourth-order valence-electron chi connectivity index (χ4n) is 4.06. The second-order valence-corrected chi connectivity index (χ2v) is 8.15. The molecule has 2 aromatic heterocycles. The number of hydrogen-bond donors (Lipinski definition) is 2. The Morgan fingerprint density at radius 3 is 2.82 bits per heavy atom. The molecule has 168 valence electrons. The summed E-state index contributed by atoms with van der Waals surface area (Å²) in [6.45, 7) is 5.17. The Morgan fingerprint density at radius 2 is 2.09 bits per heavy atom. The lowest BCUT2D eigenvalue weighted by Crippen LogP contribution is -2.47. The number of fused-ring (bicyclic) bond motifs is 4.